The Morgan fingerprint density at radius 1 is 1.35 bits per heavy atom. The molecule has 1 saturated heterocycles. The van der Waals surface area contributed by atoms with Crippen molar-refractivity contribution in [3.63, 3.8) is 0 Å². The number of nitrogens with one attached hydrogen (secondary N) is 1. The molecule has 3 nitrogen and oxygen atoms in total. The first-order valence-corrected chi connectivity index (χ1v) is 9.88. The Balaban J connectivity index is 0.00000192. The van der Waals surface area contributed by atoms with E-state index in [0.717, 1.165) is 44.0 Å². The monoisotopic (exact) mass is 411 g/mol. The van der Waals surface area contributed by atoms with Crippen LogP contribution in [0.5, 0.6) is 0 Å². The van der Waals surface area contributed by atoms with Crippen molar-refractivity contribution < 1.29 is 0 Å². The smallest absolute Gasteiger partial charge is 0.112 e. The fourth-order valence-electron chi connectivity index (χ4n) is 2.80. The van der Waals surface area contributed by atoms with Gasteiger partial charge in [0.1, 0.15) is 4.34 Å². The lowest BCUT2D eigenvalue weighted by Crippen LogP contribution is -2.29. The summed E-state index contributed by atoms with van der Waals surface area (Å²) in [5.41, 5.74) is 4.19. The van der Waals surface area contributed by atoms with Gasteiger partial charge in [-0.25, -0.2) is 4.98 Å². The molecule has 128 valence electrons. The predicted octanol–water partition coefficient (Wildman–Crippen LogP) is 4.85. The molecule has 23 heavy (non-hydrogen) atoms. The number of hydrogen-bond donors (Lipinski definition) is 1. The summed E-state index contributed by atoms with van der Waals surface area (Å²) in [5.74, 6) is 0.709. The first kappa shape index (κ1) is 19.4. The van der Waals surface area contributed by atoms with Gasteiger partial charge in [-0.1, -0.05) is 23.2 Å². The van der Waals surface area contributed by atoms with Gasteiger partial charge < -0.3 is 5.32 Å². The standard InChI is InChI=1S/C15H19Cl2N3S2.ClH/c1-10-13(22-9-19-10)7-20(5-11-2-3-18-4-11)6-12-8-21-15(17)14(12)16;/h8-9,11,18H,2-7H2,1H3;1H. The second-order valence-corrected chi connectivity index (χ2v) is 8.54. The Bertz CT molecular complexity index is 623. The van der Waals surface area contributed by atoms with E-state index in [9.17, 15) is 0 Å². The topological polar surface area (TPSA) is 28.2 Å². The molecule has 0 bridgehead atoms. The quantitative estimate of drug-likeness (QED) is 0.735. The van der Waals surface area contributed by atoms with Crippen LogP contribution >= 0.6 is 58.3 Å². The van der Waals surface area contributed by atoms with E-state index in [0.29, 0.717) is 15.3 Å². The van der Waals surface area contributed by atoms with Crippen LogP contribution in [0, 0.1) is 12.8 Å². The van der Waals surface area contributed by atoms with E-state index in [2.05, 4.69) is 27.5 Å². The van der Waals surface area contributed by atoms with Gasteiger partial charge >= 0.3 is 0 Å². The van der Waals surface area contributed by atoms with Crippen molar-refractivity contribution in [3.8, 4) is 0 Å². The second-order valence-electron chi connectivity index (χ2n) is 5.74. The molecule has 3 heterocycles. The summed E-state index contributed by atoms with van der Waals surface area (Å²) in [4.78, 5) is 8.18. The van der Waals surface area contributed by atoms with E-state index in [1.165, 1.54) is 22.6 Å². The van der Waals surface area contributed by atoms with Crippen LogP contribution in [-0.4, -0.2) is 29.5 Å². The number of aromatic nitrogens is 1. The Kier molecular flexibility index (Phi) is 7.60. The maximum Gasteiger partial charge on any atom is 0.112 e. The fourth-order valence-corrected chi connectivity index (χ4v) is 4.86. The minimum Gasteiger partial charge on any atom is -0.316 e. The van der Waals surface area contributed by atoms with Gasteiger partial charge in [-0.2, -0.15) is 0 Å². The van der Waals surface area contributed by atoms with Crippen LogP contribution in [0.4, 0.5) is 0 Å². The number of thiazole rings is 1. The third-order valence-corrected chi connectivity index (χ3v) is 6.87. The molecule has 0 aromatic carbocycles. The van der Waals surface area contributed by atoms with Crippen molar-refractivity contribution in [2.75, 3.05) is 19.6 Å². The van der Waals surface area contributed by atoms with Crippen molar-refractivity contribution >= 4 is 58.3 Å². The van der Waals surface area contributed by atoms with Gasteiger partial charge in [-0.3, -0.25) is 4.90 Å². The van der Waals surface area contributed by atoms with Crippen LogP contribution in [0.2, 0.25) is 9.36 Å². The average Bonchev–Trinajstić information content (AvgIpc) is 3.20. The lowest BCUT2D eigenvalue weighted by atomic mass is 10.1. The van der Waals surface area contributed by atoms with Gasteiger partial charge in [0.2, 0.25) is 0 Å². The first-order valence-electron chi connectivity index (χ1n) is 7.37. The summed E-state index contributed by atoms with van der Waals surface area (Å²) in [6.07, 6.45) is 1.25. The van der Waals surface area contributed by atoms with Crippen molar-refractivity contribution in [1.29, 1.82) is 0 Å². The maximum atomic E-state index is 6.31. The lowest BCUT2D eigenvalue weighted by Gasteiger charge is -2.25. The highest BCUT2D eigenvalue weighted by Gasteiger charge is 2.21. The lowest BCUT2D eigenvalue weighted by molar-refractivity contribution is 0.222. The number of rotatable bonds is 6. The van der Waals surface area contributed by atoms with E-state index in [4.69, 9.17) is 23.2 Å². The maximum absolute atomic E-state index is 6.31. The molecule has 8 heteroatoms. The third kappa shape index (κ3) is 5.05. The van der Waals surface area contributed by atoms with Gasteiger partial charge in [0, 0.05) is 24.5 Å². The van der Waals surface area contributed by atoms with Crippen molar-refractivity contribution in [2.45, 2.75) is 26.4 Å². The highest BCUT2D eigenvalue weighted by atomic mass is 35.5. The largest absolute Gasteiger partial charge is 0.316 e. The zero-order valence-electron chi connectivity index (χ0n) is 12.8. The molecular weight excluding hydrogens is 393 g/mol. The molecule has 2 aromatic rings. The molecule has 0 aliphatic carbocycles. The Morgan fingerprint density at radius 2 is 2.17 bits per heavy atom. The fraction of sp³-hybridized carbons (Fsp3) is 0.533. The molecule has 1 atom stereocenters. The number of hydrogen-bond acceptors (Lipinski definition) is 5. The Labute approximate surface area is 161 Å². The zero-order chi connectivity index (χ0) is 15.5. The summed E-state index contributed by atoms with van der Waals surface area (Å²) in [5, 5.41) is 6.23. The summed E-state index contributed by atoms with van der Waals surface area (Å²) < 4.78 is 0.688. The highest BCUT2D eigenvalue weighted by molar-refractivity contribution is 7.15. The van der Waals surface area contributed by atoms with E-state index in [1.54, 1.807) is 11.3 Å². The molecule has 0 amide bonds. The van der Waals surface area contributed by atoms with E-state index >= 15 is 0 Å². The number of halogens is 3. The predicted molar refractivity (Wildman–Crippen MR) is 104 cm³/mol. The molecule has 1 aliphatic rings. The van der Waals surface area contributed by atoms with Gasteiger partial charge in [0.05, 0.1) is 16.2 Å². The first-order chi connectivity index (χ1) is 10.6. The molecule has 0 radical (unpaired) electrons. The average molecular weight is 413 g/mol. The molecule has 0 spiro atoms. The SMILES string of the molecule is Cc1ncsc1CN(Cc1csc(Cl)c1Cl)CC1CCNC1.Cl. The van der Waals surface area contributed by atoms with Crippen LogP contribution in [0.3, 0.4) is 0 Å². The minimum atomic E-state index is 0. The number of aryl methyl sites for hydroxylation is 1. The molecular formula is C15H20Cl3N3S2. The van der Waals surface area contributed by atoms with Gasteiger partial charge in [-0.15, -0.1) is 35.1 Å². The summed E-state index contributed by atoms with van der Waals surface area (Å²) >= 11 is 15.7. The van der Waals surface area contributed by atoms with Gasteiger partial charge in [0.15, 0.2) is 0 Å². The highest BCUT2D eigenvalue weighted by Crippen LogP contribution is 2.33. The van der Waals surface area contributed by atoms with Crippen LogP contribution in [0.25, 0.3) is 0 Å². The van der Waals surface area contributed by atoms with E-state index in [-0.39, 0.29) is 12.4 Å². The van der Waals surface area contributed by atoms with E-state index < -0.39 is 0 Å². The molecule has 1 unspecified atom stereocenters. The van der Waals surface area contributed by atoms with Crippen molar-refractivity contribution in [2.24, 2.45) is 5.92 Å². The summed E-state index contributed by atoms with van der Waals surface area (Å²) in [7, 11) is 0. The molecule has 1 aliphatic heterocycles. The molecule has 3 rings (SSSR count). The van der Waals surface area contributed by atoms with Crippen LogP contribution in [-0.2, 0) is 13.1 Å². The molecule has 2 aromatic heterocycles. The summed E-state index contributed by atoms with van der Waals surface area (Å²) in [6, 6.07) is 0. The molecule has 1 N–H and O–H groups in total. The summed E-state index contributed by atoms with van der Waals surface area (Å²) in [6.45, 7) is 7.16. The number of thiophene rings is 1. The van der Waals surface area contributed by atoms with Crippen LogP contribution in [0.15, 0.2) is 10.9 Å². The number of nitrogens with zero attached hydrogens (tertiary/aromatic N) is 2. The van der Waals surface area contributed by atoms with E-state index in [1.807, 2.05) is 5.51 Å². The van der Waals surface area contributed by atoms with Crippen LogP contribution in [0.1, 0.15) is 22.6 Å². The zero-order valence-corrected chi connectivity index (χ0v) is 16.8. The van der Waals surface area contributed by atoms with Crippen LogP contribution < -0.4 is 5.32 Å². The Hall–Kier alpha value is 0.120. The molecule has 1 fully saturated rings. The van der Waals surface area contributed by atoms with Crippen molar-refractivity contribution in [1.82, 2.24) is 15.2 Å². The molecule has 0 saturated carbocycles. The second kappa shape index (κ2) is 8.99. The third-order valence-electron chi connectivity index (χ3n) is 4.04. The minimum absolute atomic E-state index is 0. The normalized spacial score (nSPS) is 17.7. The Morgan fingerprint density at radius 3 is 2.74 bits per heavy atom. The van der Waals surface area contributed by atoms with Gasteiger partial charge in [0.25, 0.3) is 0 Å². The van der Waals surface area contributed by atoms with Gasteiger partial charge in [-0.05, 0) is 43.3 Å². The van der Waals surface area contributed by atoms with Crippen molar-refractivity contribution in [3.05, 3.63) is 36.4 Å².